The Labute approximate surface area is 96.6 Å². The molecular weight excluding hydrogens is 206 g/mol. The SMILES string of the molecule is CC(C)CCC(=O)N1CCCC1CC(=O)O. The second kappa shape index (κ2) is 5.87. The van der Waals surface area contributed by atoms with Crippen LogP contribution in [0.4, 0.5) is 0 Å². The van der Waals surface area contributed by atoms with Crippen molar-refractivity contribution in [1.82, 2.24) is 4.90 Å². The van der Waals surface area contributed by atoms with Crippen LogP contribution in [0.3, 0.4) is 0 Å². The zero-order valence-electron chi connectivity index (χ0n) is 10.1. The summed E-state index contributed by atoms with van der Waals surface area (Å²) < 4.78 is 0. The van der Waals surface area contributed by atoms with E-state index in [0.29, 0.717) is 12.3 Å². The van der Waals surface area contributed by atoms with Gasteiger partial charge in [-0.1, -0.05) is 13.8 Å². The molecule has 0 spiro atoms. The maximum Gasteiger partial charge on any atom is 0.305 e. The topological polar surface area (TPSA) is 57.6 Å². The molecule has 1 aliphatic heterocycles. The zero-order chi connectivity index (χ0) is 12.1. The lowest BCUT2D eigenvalue weighted by Gasteiger charge is -2.23. The van der Waals surface area contributed by atoms with Crippen molar-refractivity contribution in [3.8, 4) is 0 Å². The van der Waals surface area contributed by atoms with Crippen LogP contribution in [0.2, 0.25) is 0 Å². The Bertz CT molecular complexity index is 263. The van der Waals surface area contributed by atoms with E-state index in [2.05, 4.69) is 13.8 Å². The molecule has 0 aromatic rings. The molecule has 0 saturated carbocycles. The van der Waals surface area contributed by atoms with Gasteiger partial charge in [-0.25, -0.2) is 0 Å². The van der Waals surface area contributed by atoms with E-state index in [1.54, 1.807) is 4.90 Å². The van der Waals surface area contributed by atoms with Gasteiger partial charge >= 0.3 is 5.97 Å². The van der Waals surface area contributed by atoms with Crippen LogP contribution in [0, 0.1) is 5.92 Å². The van der Waals surface area contributed by atoms with Gasteiger partial charge in [-0.05, 0) is 25.2 Å². The smallest absolute Gasteiger partial charge is 0.305 e. The molecule has 1 saturated heterocycles. The Hall–Kier alpha value is -1.06. The van der Waals surface area contributed by atoms with Gasteiger partial charge in [0, 0.05) is 19.0 Å². The zero-order valence-corrected chi connectivity index (χ0v) is 10.1. The highest BCUT2D eigenvalue weighted by molar-refractivity contribution is 5.78. The first-order valence-corrected chi connectivity index (χ1v) is 6.02. The van der Waals surface area contributed by atoms with E-state index in [1.165, 1.54) is 0 Å². The molecule has 0 bridgehead atoms. The summed E-state index contributed by atoms with van der Waals surface area (Å²) in [5.41, 5.74) is 0. The van der Waals surface area contributed by atoms with Gasteiger partial charge in [-0.3, -0.25) is 9.59 Å². The number of carbonyl (C=O) groups excluding carboxylic acids is 1. The predicted molar refractivity (Wildman–Crippen MR) is 61.1 cm³/mol. The third-order valence-electron chi connectivity index (χ3n) is 3.04. The summed E-state index contributed by atoms with van der Waals surface area (Å²) in [5.74, 6) is -0.171. The first kappa shape index (κ1) is 13.0. The standard InChI is InChI=1S/C12H21NO3/c1-9(2)5-6-11(14)13-7-3-4-10(13)8-12(15)16/h9-10H,3-8H2,1-2H3,(H,15,16). The molecule has 0 aliphatic carbocycles. The summed E-state index contributed by atoms with van der Waals surface area (Å²) in [6, 6.07) is -0.0721. The number of amides is 1. The highest BCUT2D eigenvalue weighted by Crippen LogP contribution is 2.21. The van der Waals surface area contributed by atoms with E-state index in [-0.39, 0.29) is 18.4 Å². The van der Waals surface area contributed by atoms with Crippen molar-refractivity contribution >= 4 is 11.9 Å². The molecule has 0 aromatic carbocycles. The lowest BCUT2D eigenvalue weighted by Crippen LogP contribution is -2.36. The van der Waals surface area contributed by atoms with Crippen molar-refractivity contribution in [2.24, 2.45) is 5.92 Å². The first-order valence-electron chi connectivity index (χ1n) is 6.02. The van der Waals surface area contributed by atoms with Crippen LogP contribution in [-0.4, -0.2) is 34.5 Å². The third kappa shape index (κ3) is 3.83. The largest absolute Gasteiger partial charge is 0.481 e. The summed E-state index contributed by atoms with van der Waals surface area (Å²) in [6.07, 6.45) is 3.29. The molecule has 1 aliphatic rings. The Balaban J connectivity index is 2.44. The number of likely N-dealkylation sites (tertiary alicyclic amines) is 1. The van der Waals surface area contributed by atoms with E-state index < -0.39 is 5.97 Å². The quantitative estimate of drug-likeness (QED) is 0.780. The fraction of sp³-hybridized carbons (Fsp3) is 0.833. The predicted octanol–water partition coefficient (Wildman–Crippen LogP) is 1.89. The van der Waals surface area contributed by atoms with Crippen molar-refractivity contribution in [3.63, 3.8) is 0 Å². The summed E-state index contributed by atoms with van der Waals surface area (Å²) in [6.45, 7) is 4.91. The Morgan fingerprint density at radius 3 is 2.69 bits per heavy atom. The van der Waals surface area contributed by atoms with Crippen LogP contribution in [-0.2, 0) is 9.59 Å². The summed E-state index contributed by atoms with van der Waals surface area (Å²) in [4.78, 5) is 24.3. The molecule has 1 fully saturated rings. The van der Waals surface area contributed by atoms with Crippen molar-refractivity contribution < 1.29 is 14.7 Å². The van der Waals surface area contributed by atoms with Crippen molar-refractivity contribution in [2.75, 3.05) is 6.54 Å². The summed E-state index contributed by atoms with van der Waals surface area (Å²) in [5, 5.41) is 8.75. The molecule has 0 radical (unpaired) electrons. The molecule has 16 heavy (non-hydrogen) atoms. The van der Waals surface area contributed by atoms with E-state index in [1.807, 2.05) is 0 Å². The third-order valence-corrected chi connectivity index (χ3v) is 3.04. The molecule has 1 atom stereocenters. The molecule has 4 nitrogen and oxygen atoms in total. The molecule has 1 heterocycles. The minimum Gasteiger partial charge on any atom is -0.481 e. The monoisotopic (exact) mass is 227 g/mol. The highest BCUT2D eigenvalue weighted by atomic mass is 16.4. The molecule has 4 heteroatoms. The number of carboxylic acids is 1. The van der Waals surface area contributed by atoms with Crippen molar-refractivity contribution in [3.05, 3.63) is 0 Å². The summed E-state index contributed by atoms with van der Waals surface area (Å²) >= 11 is 0. The van der Waals surface area contributed by atoms with Crippen LogP contribution in [0.25, 0.3) is 0 Å². The fourth-order valence-electron chi connectivity index (χ4n) is 2.13. The molecular formula is C12H21NO3. The van der Waals surface area contributed by atoms with Gasteiger partial charge in [0.1, 0.15) is 0 Å². The highest BCUT2D eigenvalue weighted by Gasteiger charge is 2.29. The second-order valence-electron chi connectivity index (χ2n) is 4.91. The van der Waals surface area contributed by atoms with E-state index in [4.69, 9.17) is 5.11 Å². The normalized spacial score (nSPS) is 20.4. The molecule has 1 rings (SSSR count). The van der Waals surface area contributed by atoms with Crippen LogP contribution < -0.4 is 0 Å². The number of hydrogen-bond donors (Lipinski definition) is 1. The second-order valence-corrected chi connectivity index (χ2v) is 4.91. The summed E-state index contributed by atoms with van der Waals surface area (Å²) in [7, 11) is 0. The maximum absolute atomic E-state index is 11.9. The molecule has 1 unspecified atom stereocenters. The van der Waals surface area contributed by atoms with Gasteiger partial charge < -0.3 is 10.0 Å². The number of carbonyl (C=O) groups is 2. The number of carboxylic acid groups (broad SMARTS) is 1. The van der Waals surface area contributed by atoms with Crippen LogP contribution in [0.15, 0.2) is 0 Å². The maximum atomic E-state index is 11.9. The van der Waals surface area contributed by atoms with Crippen LogP contribution in [0.5, 0.6) is 0 Å². The van der Waals surface area contributed by atoms with Crippen molar-refractivity contribution in [2.45, 2.75) is 52.0 Å². The minimum atomic E-state index is -0.812. The molecule has 1 N–H and O–H groups in total. The first-order chi connectivity index (χ1) is 7.50. The van der Waals surface area contributed by atoms with Gasteiger partial charge in [0.25, 0.3) is 0 Å². The van der Waals surface area contributed by atoms with Crippen LogP contribution >= 0.6 is 0 Å². The number of hydrogen-bond acceptors (Lipinski definition) is 2. The lowest BCUT2D eigenvalue weighted by molar-refractivity contribution is -0.140. The van der Waals surface area contributed by atoms with Crippen molar-refractivity contribution in [1.29, 1.82) is 0 Å². The lowest BCUT2D eigenvalue weighted by atomic mass is 10.1. The Morgan fingerprint density at radius 2 is 2.12 bits per heavy atom. The fourth-order valence-corrected chi connectivity index (χ4v) is 2.13. The molecule has 1 amide bonds. The minimum absolute atomic E-state index is 0.0721. The van der Waals surface area contributed by atoms with E-state index in [0.717, 1.165) is 25.8 Å². The van der Waals surface area contributed by atoms with Gasteiger partial charge in [-0.15, -0.1) is 0 Å². The molecule has 92 valence electrons. The van der Waals surface area contributed by atoms with E-state index >= 15 is 0 Å². The number of rotatable bonds is 5. The van der Waals surface area contributed by atoms with Gasteiger partial charge in [-0.2, -0.15) is 0 Å². The average molecular weight is 227 g/mol. The van der Waals surface area contributed by atoms with E-state index in [9.17, 15) is 9.59 Å². The molecule has 0 aromatic heterocycles. The van der Waals surface area contributed by atoms with Gasteiger partial charge in [0.05, 0.1) is 6.42 Å². The Kier molecular flexibility index (Phi) is 4.77. The van der Waals surface area contributed by atoms with Gasteiger partial charge in [0.2, 0.25) is 5.91 Å². The van der Waals surface area contributed by atoms with Gasteiger partial charge in [0.15, 0.2) is 0 Å². The number of aliphatic carboxylic acids is 1. The average Bonchev–Trinajstić information content (AvgIpc) is 2.61. The Morgan fingerprint density at radius 1 is 1.44 bits per heavy atom. The number of nitrogens with zero attached hydrogens (tertiary/aromatic N) is 1. The van der Waals surface area contributed by atoms with Crippen LogP contribution in [0.1, 0.15) is 46.0 Å².